The van der Waals surface area contributed by atoms with Gasteiger partial charge in [-0.05, 0) is 29.8 Å². The average molecular weight is 399 g/mol. The minimum absolute atomic E-state index is 0.0333. The van der Waals surface area contributed by atoms with Crippen molar-refractivity contribution >= 4 is 11.6 Å². The maximum absolute atomic E-state index is 12.5. The number of anilines is 1. The molecule has 0 aliphatic carbocycles. The zero-order valence-corrected chi connectivity index (χ0v) is 15.5. The van der Waals surface area contributed by atoms with Crippen LogP contribution in [-0.4, -0.2) is 33.7 Å². The standard InChI is InChI=1S/C18H20F3N3O4/c1-25-14-8-11(9-15(26-2)16(14)27-3)10-23-17(22)24-12-6-4-5-7-13(12)28-18(19,20)21/h4-9H,10H2,1-3H3,(H3,22,23,24). The number of hydrogen-bond acceptors (Lipinski definition) is 5. The van der Waals surface area contributed by atoms with Gasteiger partial charge >= 0.3 is 6.36 Å². The molecule has 0 aliphatic rings. The second-order valence-corrected chi connectivity index (χ2v) is 5.40. The Balaban J connectivity index is 2.18. The molecule has 152 valence electrons. The molecule has 7 nitrogen and oxygen atoms in total. The van der Waals surface area contributed by atoms with Crippen LogP contribution in [0, 0.1) is 0 Å². The number of guanidine groups is 1. The van der Waals surface area contributed by atoms with Crippen molar-refractivity contribution in [1.82, 2.24) is 0 Å². The molecule has 0 unspecified atom stereocenters. The van der Waals surface area contributed by atoms with Crippen molar-refractivity contribution in [1.29, 1.82) is 0 Å². The molecule has 0 saturated heterocycles. The molecule has 0 atom stereocenters. The van der Waals surface area contributed by atoms with Gasteiger partial charge in [0.25, 0.3) is 0 Å². The highest BCUT2D eigenvalue weighted by molar-refractivity contribution is 5.93. The van der Waals surface area contributed by atoms with Crippen molar-refractivity contribution < 1.29 is 32.1 Å². The summed E-state index contributed by atoms with van der Waals surface area (Å²) in [5.41, 5.74) is 6.53. The number of methoxy groups -OCH3 is 3. The van der Waals surface area contributed by atoms with E-state index in [2.05, 4.69) is 15.0 Å². The van der Waals surface area contributed by atoms with Crippen LogP contribution in [0.2, 0.25) is 0 Å². The molecule has 0 aliphatic heterocycles. The zero-order valence-electron chi connectivity index (χ0n) is 15.5. The lowest BCUT2D eigenvalue weighted by atomic mass is 10.2. The third-order valence-corrected chi connectivity index (χ3v) is 3.53. The topological polar surface area (TPSA) is 87.3 Å². The van der Waals surface area contributed by atoms with Gasteiger partial charge in [-0.15, -0.1) is 13.2 Å². The number of nitrogens with zero attached hydrogens (tertiary/aromatic N) is 1. The number of nitrogens with two attached hydrogens (primary N) is 1. The Morgan fingerprint density at radius 1 is 1.00 bits per heavy atom. The first kappa shape index (κ1) is 21.0. The molecule has 28 heavy (non-hydrogen) atoms. The lowest BCUT2D eigenvalue weighted by molar-refractivity contribution is -0.274. The van der Waals surface area contributed by atoms with E-state index in [4.69, 9.17) is 19.9 Å². The van der Waals surface area contributed by atoms with Crippen LogP contribution in [0.5, 0.6) is 23.0 Å². The van der Waals surface area contributed by atoms with Gasteiger partial charge in [0, 0.05) is 0 Å². The van der Waals surface area contributed by atoms with Crippen LogP contribution >= 0.6 is 0 Å². The van der Waals surface area contributed by atoms with E-state index < -0.39 is 12.1 Å². The van der Waals surface area contributed by atoms with Gasteiger partial charge in [0.1, 0.15) is 0 Å². The number of para-hydroxylation sites is 2. The highest BCUT2D eigenvalue weighted by Crippen LogP contribution is 2.38. The second kappa shape index (κ2) is 9.07. The van der Waals surface area contributed by atoms with Gasteiger partial charge < -0.3 is 30.0 Å². The first-order valence-electron chi connectivity index (χ1n) is 7.98. The Bertz CT molecular complexity index is 816. The van der Waals surface area contributed by atoms with Crippen molar-refractivity contribution in [2.75, 3.05) is 26.6 Å². The molecule has 0 aromatic heterocycles. The Hall–Kier alpha value is -3.30. The van der Waals surface area contributed by atoms with E-state index in [0.717, 1.165) is 0 Å². The minimum atomic E-state index is -4.82. The Kier molecular flexibility index (Phi) is 6.80. The smallest absolute Gasteiger partial charge is 0.493 e. The van der Waals surface area contributed by atoms with Crippen molar-refractivity contribution in [2.24, 2.45) is 10.7 Å². The van der Waals surface area contributed by atoms with Gasteiger partial charge in [-0.25, -0.2) is 4.99 Å². The fraction of sp³-hybridized carbons (Fsp3) is 0.278. The number of ether oxygens (including phenoxy) is 4. The highest BCUT2D eigenvalue weighted by Gasteiger charge is 2.32. The highest BCUT2D eigenvalue weighted by atomic mass is 19.4. The monoisotopic (exact) mass is 399 g/mol. The third-order valence-electron chi connectivity index (χ3n) is 3.53. The first-order chi connectivity index (χ1) is 13.3. The molecule has 10 heteroatoms. The van der Waals surface area contributed by atoms with Crippen molar-refractivity contribution in [3.63, 3.8) is 0 Å². The van der Waals surface area contributed by atoms with E-state index in [9.17, 15) is 13.2 Å². The number of aliphatic imine (C=N–C) groups is 1. The number of alkyl halides is 3. The van der Waals surface area contributed by atoms with E-state index in [-0.39, 0.29) is 18.2 Å². The van der Waals surface area contributed by atoms with Crippen LogP contribution in [0.1, 0.15) is 5.56 Å². The minimum Gasteiger partial charge on any atom is -0.493 e. The lowest BCUT2D eigenvalue weighted by Gasteiger charge is -2.15. The van der Waals surface area contributed by atoms with Gasteiger partial charge in [-0.3, -0.25) is 0 Å². The molecule has 0 saturated carbocycles. The number of rotatable bonds is 7. The van der Waals surface area contributed by atoms with Crippen LogP contribution in [0.25, 0.3) is 0 Å². The zero-order chi connectivity index (χ0) is 20.7. The predicted octanol–water partition coefficient (Wildman–Crippen LogP) is 3.54. The molecule has 2 aromatic carbocycles. The molecule has 2 rings (SSSR count). The van der Waals surface area contributed by atoms with Crippen molar-refractivity contribution in [2.45, 2.75) is 12.9 Å². The SMILES string of the molecule is COc1cc(CN=C(N)Nc2ccccc2OC(F)(F)F)cc(OC)c1OC. The van der Waals surface area contributed by atoms with E-state index in [1.54, 1.807) is 12.1 Å². The van der Waals surface area contributed by atoms with E-state index in [1.807, 2.05) is 0 Å². The third kappa shape index (κ3) is 5.60. The second-order valence-electron chi connectivity index (χ2n) is 5.40. The maximum Gasteiger partial charge on any atom is 0.573 e. The number of benzene rings is 2. The molecule has 0 heterocycles. The van der Waals surface area contributed by atoms with E-state index >= 15 is 0 Å². The summed E-state index contributed by atoms with van der Waals surface area (Å²) in [6, 6.07) is 8.90. The van der Waals surface area contributed by atoms with Crippen LogP contribution < -0.4 is 30.0 Å². The maximum atomic E-state index is 12.5. The van der Waals surface area contributed by atoms with Crippen LogP contribution in [0.4, 0.5) is 18.9 Å². The summed E-state index contributed by atoms with van der Waals surface area (Å²) in [5, 5.41) is 2.60. The number of hydrogen-bond donors (Lipinski definition) is 2. The summed E-state index contributed by atoms with van der Waals surface area (Å²) in [4.78, 5) is 4.13. The van der Waals surface area contributed by atoms with Crippen LogP contribution in [0.15, 0.2) is 41.4 Å². The van der Waals surface area contributed by atoms with Gasteiger partial charge in [0.05, 0.1) is 33.6 Å². The van der Waals surface area contributed by atoms with Gasteiger partial charge in [-0.1, -0.05) is 12.1 Å². The predicted molar refractivity (Wildman–Crippen MR) is 98.2 cm³/mol. The summed E-state index contributed by atoms with van der Waals surface area (Å²) in [7, 11) is 4.45. The summed E-state index contributed by atoms with van der Waals surface area (Å²) < 4.78 is 57.2. The van der Waals surface area contributed by atoms with Crippen LogP contribution in [-0.2, 0) is 6.54 Å². The Morgan fingerprint density at radius 2 is 1.61 bits per heavy atom. The summed E-state index contributed by atoms with van der Waals surface area (Å²) in [5.74, 6) is 0.819. The lowest BCUT2D eigenvalue weighted by Crippen LogP contribution is -2.24. The summed E-state index contributed by atoms with van der Waals surface area (Å²) >= 11 is 0. The molecule has 0 bridgehead atoms. The average Bonchev–Trinajstić information content (AvgIpc) is 2.65. The summed E-state index contributed by atoms with van der Waals surface area (Å²) in [6.45, 7) is 0.123. The van der Waals surface area contributed by atoms with E-state index in [0.29, 0.717) is 22.8 Å². The largest absolute Gasteiger partial charge is 0.573 e. The number of nitrogens with one attached hydrogen (secondary N) is 1. The Labute approximate surface area is 159 Å². The summed E-state index contributed by atoms with van der Waals surface area (Å²) in [6.07, 6.45) is -4.82. The Morgan fingerprint density at radius 3 is 2.14 bits per heavy atom. The fourth-order valence-corrected chi connectivity index (χ4v) is 2.36. The van der Waals surface area contributed by atoms with Gasteiger partial charge in [0.15, 0.2) is 23.2 Å². The normalized spacial score (nSPS) is 11.7. The van der Waals surface area contributed by atoms with Gasteiger partial charge in [-0.2, -0.15) is 0 Å². The van der Waals surface area contributed by atoms with E-state index in [1.165, 1.54) is 45.6 Å². The molecule has 0 fully saturated rings. The molecule has 3 N–H and O–H groups in total. The molecule has 0 spiro atoms. The molecule has 0 radical (unpaired) electrons. The number of halogens is 3. The molecular weight excluding hydrogens is 379 g/mol. The molecular formula is C18H20F3N3O4. The van der Waals surface area contributed by atoms with Crippen LogP contribution in [0.3, 0.4) is 0 Å². The first-order valence-corrected chi connectivity index (χ1v) is 7.98. The van der Waals surface area contributed by atoms with Crippen molar-refractivity contribution in [3.05, 3.63) is 42.0 Å². The fourth-order valence-electron chi connectivity index (χ4n) is 2.36. The molecule has 0 amide bonds. The van der Waals surface area contributed by atoms with Gasteiger partial charge in [0.2, 0.25) is 5.75 Å². The van der Waals surface area contributed by atoms with Crippen molar-refractivity contribution in [3.8, 4) is 23.0 Å². The quantitative estimate of drug-likeness (QED) is 0.547. The molecule has 2 aromatic rings.